The summed E-state index contributed by atoms with van der Waals surface area (Å²) >= 11 is 0. The summed E-state index contributed by atoms with van der Waals surface area (Å²) in [5, 5.41) is 0. The molecule has 0 aromatic rings. The molecule has 0 aromatic carbocycles. The first kappa shape index (κ1) is 6.88. The van der Waals surface area contributed by atoms with Crippen molar-refractivity contribution in [3.8, 4) is 0 Å². The Morgan fingerprint density at radius 3 is 1.83 bits per heavy atom. The van der Waals surface area contributed by atoms with E-state index in [0.717, 1.165) is 13.1 Å². The molecule has 0 unspecified atom stereocenters. The van der Waals surface area contributed by atoms with Crippen LogP contribution in [0.15, 0.2) is 0 Å². The van der Waals surface area contributed by atoms with Crippen LogP contribution in [0.1, 0.15) is 1.43 Å². The van der Waals surface area contributed by atoms with Gasteiger partial charge in [-0.2, -0.15) is 5.53 Å². The molecule has 1 aliphatic rings. The number of rotatable bonds is 0. The topological polar surface area (TPSA) is 36.1 Å². The van der Waals surface area contributed by atoms with E-state index in [1.807, 2.05) is 0 Å². The molecular formula is C2H8N3Na. The quantitative estimate of drug-likeness (QED) is 0.268. The molecule has 0 saturated carbocycles. The van der Waals surface area contributed by atoms with Crippen LogP contribution in [-0.4, -0.2) is 13.1 Å². The van der Waals surface area contributed by atoms with Gasteiger partial charge in [0, 0.05) is 13.1 Å². The van der Waals surface area contributed by atoms with Crippen LogP contribution in [0.25, 0.3) is 0 Å². The van der Waals surface area contributed by atoms with Gasteiger partial charge in [0.25, 0.3) is 0 Å². The molecule has 0 aromatic heterocycles. The van der Waals surface area contributed by atoms with E-state index in [1.54, 1.807) is 0 Å². The number of hydrazine groups is 2. The zero-order valence-corrected chi connectivity index (χ0v) is 5.91. The summed E-state index contributed by atoms with van der Waals surface area (Å²) in [5.41, 5.74) is 8.44. The van der Waals surface area contributed by atoms with Crippen molar-refractivity contribution < 1.29 is 31.0 Å². The second-order valence-corrected chi connectivity index (χ2v) is 0.979. The normalized spacial score (nSPS) is 20.0. The Labute approximate surface area is 60.6 Å². The van der Waals surface area contributed by atoms with Gasteiger partial charge in [0.05, 0.1) is 0 Å². The van der Waals surface area contributed by atoms with Crippen LogP contribution in [0.5, 0.6) is 0 Å². The van der Waals surface area contributed by atoms with Crippen molar-refractivity contribution in [2.45, 2.75) is 0 Å². The molecule has 0 bridgehead atoms. The van der Waals surface area contributed by atoms with Gasteiger partial charge in [-0.15, -0.1) is 0 Å². The standard InChI is InChI=1S/C2H7N3.Na.H/c1-2-4-5-3-1;;/h3-5H,1-2H2;;/q;+1;-1. The summed E-state index contributed by atoms with van der Waals surface area (Å²) in [6, 6.07) is 0. The van der Waals surface area contributed by atoms with Crippen LogP contribution < -0.4 is 45.9 Å². The fourth-order valence-corrected chi connectivity index (χ4v) is 0.312. The van der Waals surface area contributed by atoms with Crippen LogP contribution in [-0.2, 0) is 0 Å². The van der Waals surface area contributed by atoms with Crippen molar-refractivity contribution in [3.63, 3.8) is 0 Å². The molecule has 1 saturated heterocycles. The molecule has 32 valence electrons. The smallest absolute Gasteiger partial charge is 1.00 e. The minimum Gasteiger partial charge on any atom is -1.00 e. The molecule has 3 nitrogen and oxygen atoms in total. The molecule has 1 heterocycles. The van der Waals surface area contributed by atoms with Crippen LogP contribution in [0.2, 0.25) is 0 Å². The van der Waals surface area contributed by atoms with Gasteiger partial charge in [-0.1, -0.05) is 0 Å². The van der Waals surface area contributed by atoms with Crippen molar-refractivity contribution in [3.05, 3.63) is 0 Å². The van der Waals surface area contributed by atoms with Crippen LogP contribution in [0.4, 0.5) is 0 Å². The first-order valence-corrected chi connectivity index (χ1v) is 1.71. The summed E-state index contributed by atoms with van der Waals surface area (Å²) in [5.74, 6) is 0. The molecule has 0 amide bonds. The Morgan fingerprint density at radius 2 is 1.67 bits per heavy atom. The van der Waals surface area contributed by atoms with Crippen LogP contribution >= 0.6 is 0 Å². The third-order valence-electron chi connectivity index (χ3n) is 0.552. The van der Waals surface area contributed by atoms with Gasteiger partial charge in [0.1, 0.15) is 0 Å². The van der Waals surface area contributed by atoms with Gasteiger partial charge in [-0.25, -0.2) is 10.9 Å². The van der Waals surface area contributed by atoms with E-state index in [-0.39, 0.29) is 31.0 Å². The Bertz CT molecular complexity index is 24.5. The molecular weight excluding hydrogens is 89.0 g/mol. The molecule has 1 rings (SSSR count). The average molecular weight is 97.1 g/mol. The van der Waals surface area contributed by atoms with E-state index < -0.39 is 0 Å². The predicted molar refractivity (Wildman–Crippen MR) is 20.3 cm³/mol. The predicted octanol–water partition coefficient (Wildman–Crippen LogP) is -4.28. The minimum absolute atomic E-state index is 0. The van der Waals surface area contributed by atoms with Gasteiger partial charge in [0.2, 0.25) is 0 Å². The second-order valence-electron chi connectivity index (χ2n) is 0.979. The van der Waals surface area contributed by atoms with Crippen LogP contribution in [0.3, 0.4) is 0 Å². The van der Waals surface area contributed by atoms with Crippen LogP contribution in [0, 0.1) is 0 Å². The fraction of sp³-hybridized carbons (Fsp3) is 1.00. The molecule has 0 aliphatic carbocycles. The van der Waals surface area contributed by atoms with Crippen molar-refractivity contribution in [2.24, 2.45) is 0 Å². The zero-order chi connectivity index (χ0) is 3.54. The molecule has 1 fully saturated rings. The monoisotopic (exact) mass is 97.1 g/mol. The molecule has 0 spiro atoms. The zero-order valence-electron chi connectivity index (χ0n) is 4.91. The van der Waals surface area contributed by atoms with E-state index in [9.17, 15) is 0 Å². The van der Waals surface area contributed by atoms with E-state index in [1.165, 1.54) is 0 Å². The first-order valence-electron chi connectivity index (χ1n) is 1.71. The van der Waals surface area contributed by atoms with Gasteiger partial charge in [0.15, 0.2) is 0 Å². The van der Waals surface area contributed by atoms with E-state index >= 15 is 0 Å². The summed E-state index contributed by atoms with van der Waals surface area (Å²) in [7, 11) is 0. The third kappa shape index (κ3) is 2.12. The Kier molecular flexibility index (Phi) is 4.64. The Morgan fingerprint density at radius 1 is 1.17 bits per heavy atom. The van der Waals surface area contributed by atoms with Crippen molar-refractivity contribution in [2.75, 3.05) is 13.1 Å². The molecule has 1 aliphatic heterocycles. The Hall–Kier alpha value is 0.880. The Balaban J connectivity index is 0. The summed E-state index contributed by atoms with van der Waals surface area (Å²) < 4.78 is 0. The molecule has 0 atom stereocenters. The minimum atomic E-state index is 0. The summed E-state index contributed by atoms with van der Waals surface area (Å²) in [4.78, 5) is 0. The largest absolute Gasteiger partial charge is 1.00 e. The SMILES string of the molecule is C1CNNN1.[H-].[Na+]. The van der Waals surface area contributed by atoms with E-state index in [0.29, 0.717) is 0 Å². The molecule has 4 heteroatoms. The molecule has 3 N–H and O–H groups in total. The van der Waals surface area contributed by atoms with Gasteiger partial charge in [-0.3, -0.25) is 0 Å². The number of hydrogen-bond acceptors (Lipinski definition) is 3. The first-order chi connectivity index (χ1) is 2.50. The van der Waals surface area contributed by atoms with Gasteiger partial charge in [-0.05, 0) is 0 Å². The number of nitrogens with one attached hydrogen (secondary N) is 3. The van der Waals surface area contributed by atoms with Crippen molar-refractivity contribution in [1.82, 2.24) is 16.4 Å². The molecule has 6 heavy (non-hydrogen) atoms. The maximum atomic E-state index is 2.86. The summed E-state index contributed by atoms with van der Waals surface area (Å²) in [6.45, 7) is 2.06. The summed E-state index contributed by atoms with van der Waals surface area (Å²) in [6.07, 6.45) is 0. The van der Waals surface area contributed by atoms with Crippen molar-refractivity contribution in [1.29, 1.82) is 0 Å². The van der Waals surface area contributed by atoms with Gasteiger partial charge < -0.3 is 1.43 Å². The second kappa shape index (κ2) is 4.05. The van der Waals surface area contributed by atoms with E-state index in [2.05, 4.69) is 16.4 Å². The third-order valence-corrected chi connectivity index (χ3v) is 0.552. The van der Waals surface area contributed by atoms with E-state index in [4.69, 9.17) is 0 Å². The number of hydrogen-bond donors (Lipinski definition) is 3. The average Bonchev–Trinajstić information content (AvgIpc) is 1.76. The van der Waals surface area contributed by atoms with Gasteiger partial charge >= 0.3 is 29.6 Å². The fourth-order valence-electron chi connectivity index (χ4n) is 0.312. The van der Waals surface area contributed by atoms with Crippen molar-refractivity contribution >= 4 is 0 Å². The maximum Gasteiger partial charge on any atom is 1.00 e. The molecule has 0 radical (unpaired) electrons. The maximum absolute atomic E-state index is 2.86.